The van der Waals surface area contributed by atoms with E-state index in [0.29, 0.717) is 0 Å². The zero-order valence-electron chi connectivity index (χ0n) is 4.31. The first-order valence-electron chi connectivity index (χ1n) is 0. The molecule has 0 aromatic carbocycles. The third-order valence-corrected chi connectivity index (χ3v) is 0. The molecule has 0 aromatic rings. The molecule has 0 bridgehead atoms. The van der Waals surface area contributed by atoms with Gasteiger partial charge in [0.1, 0.15) is 0 Å². The molecule has 0 atom stereocenters. The first-order valence-corrected chi connectivity index (χ1v) is 0. The van der Waals surface area contributed by atoms with E-state index < -0.39 is 0 Å². The van der Waals surface area contributed by atoms with E-state index in [-0.39, 0.29) is 73.7 Å². The summed E-state index contributed by atoms with van der Waals surface area (Å²) in [6, 6.07) is 0. The van der Waals surface area contributed by atoms with Gasteiger partial charge in [-0.1, -0.05) is 0 Å². The molecule has 0 heterocycles. The quantitative estimate of drug-likeness (QED) is 0.392. The van der Waals surface area contributed by atoms with Crippen LogP contribution in [-0.2, 0) is 19.5 Å². The van der Waals surface area contributed by atoms with E-state index in [9.17, 15) is 0 Å². The topological polar surface area (TPSA) is 60.0 Å². The van der Waals surface area contributed by atoms with E-state index in [4.69, 9.17) is 0 Å². The molecule has 0 aliphatic heterocycles. The molecule has 2 nitrogen and oxygen atoms in total. The molecular weight excluding hydrogens is 149 g/mol. The van der Waals surface area contributed by atoms with Crippen LogP contribution in [0.4, 0.5) is 0 Å². The van der Waals surface area contributed by atoms with Gasteiger partial charge in [0.2, 0.25) is 0 Å². The second kappa shape index (κ2) is 40.4. The molecule has 0 aliphatic carbocycles. The molecule has 2 N–H and O–H groups in total. The third-order valence-electron chi connectivity index (χ3n) is 0. The van der Waals surface area contributed by atoms with E-state index >= 15 is 0 Å². The van der Waals surface area contributed by atoms with Gasteiger partial charge in [0.05, 0.1) is 0 Å². The van der Waals surface area contributed by atoms with Crippen molar-refractivity contribution in [3.63, 3.8) is 0 Å². The Bertz CT molecular complexity index is 15.7. The van der Waals surface area contributed by atoms with Gasteiger partial charge in [0, 0.05) is 0 Å². The van der Waals surface area contributed by atoms with Gasteiger partial charge in [-0.15, -0.1) is 0 Å². The number of hydrogen-bond acceptors (Lipinski definition) is 2. The Morgan fingerprint density at radius 3 is 1.00 bits per heavy atom. The maximum atomic E-state index is 0. The van der Waals surface area contributed by atoms with Crippen molar-refractivity contribution in [2.45, 2.75) is 0 Å². The summed E-state index contributed by atoms with van der Waals surface area (Å²) in [6.45, 7) is 0. The normalized spacial score (nSPS) is 0. The van der Waals surface area contributed by atoms with Crippen LogP contribution < -0.4 is 0 Å². The zero-order chi connectivity index (χ0) is 0. The summed E-state index contributed by atoms with van der Waals surface area (Å²) in [5.74, 6) is 0. The average Bonchev–Trinajstić information content (AvgIpc) is 0. The van der Waals surface area contributed by atoms with Crippen LogP contribution in [0.15, 0.2) is 0 Å². The van der Waals surface area contributed by atoms with E-state index in [1.807, 2.05) is 0 Å². The van der Waals surface area contributed by atoms with Gasteiger partial charge >= 0.3 is 42.5 Å². The molecule has 0 aromatic heterocycles. The molecule has 0 unspecified atom stereocenters. The fourth-order valence-corrected chi connectivity index (χ4v) is 0. The van der Waals surface area contributed by atoms with Gasteiger partial charge in [-0.3, -0.25) is 0 Å². The Morgan fingerprint density at radius 2 is 1.00 bits per heavy atom. The molecule has 0 saturated carbocycles. The minimum absolute atomic E-state index is 0. The fraction of sp³-hybridized carbons (Fsp3) is 0. The predicted molar refractivity (Wildman–Crippen MR) is 21.8 cm³/mol. The van der Waals surface area contributed by atoms with Crippen molar-refractivity contribution in [3.8, 4) is 0 Å². The van der Waals surface area contributed by atoms with Crippen LogP contribution in [-0.4, -0.2) is 51.4 Å². The maximum absolute atomic E-state index is 0. The monoisotopic (exact) mass is 154 g/mol. The van der Waals surface area contributed by atoms with Crippen molar-refractivity contribution in [3.05, 3.63) is 0 Å². The summed E-state index contributed by atoms with van der Waals surface area (Å²) in [5, 5.41) is 0. The Labute approximate surface area is 73.3 Å². The molecule has 5 heteroatoms. The van der Waals surface area contributed by atoms with Gasteiger partial charge in [-0.25, -0.2) is 0 Å². The first-order chi connectivity index (χ1) is 0. The van der Waals surface area contributed by atoms with Crippen LogP contribution in [0, 0.1) is 0 Å². The van der Waals surface area contributed by atoms with Crippen molar-refractivity contribution in [2.24, 2.45) is 0 Å². The van der Waals surface area contributed by atoms with Crippen LogP contribution in [0.2, 0.25) is 0 Å². The fourth-order valence-electron chi connectivity index (χ4n) is 0. The summed E-state index contributed by atoms with van der Waals surface area (Å²) in [4.78, 5) is 0. The summed E-state index contributed by atoms with van der Waals surface area (Å²) in [7, 11) is 0. The van der Waals surface area contributed by atoms with E-state index in [0.717, 1.165) is 0 Å². The minimum atomic E-state index is 0. The van der Waals surface area contributed by atoms with Gasteiger partial charge in [0.15, 0.2) is 17.4 Å². The Kier molecular flexibility index (Phi) is 556. The van der Waals surface area contributed by atoms with Gasteiger partial charge in [-0.2, -0.15) is 0 Å². The van der Waals surface area contributed by atoms with Crippen molar-refractivity contribution >= 4 is 40.4 Å². The standard InChI is InChI=1S/Al.Mg.2H2O.Zn.5H/h;;2*1H2;;;;;;/q;+2;;;+2;;;;2*-1/p-2. The van der Waals surface area contributed by atoms with Crippen molar-refractivity contribution in [2.75, 3.05) is 0 Å². The van der Waals surface area contributed by atoms with Gasteiger partial charge in [-0.05, 0) is 0 Å². The van der Waals surface area contributed by atoms with Crippen LogP contribution in [0.3, 0.4) is 0 Å². The molecule has 0 rings (SSSR count). The number of hydrogen-bond donors (Lipinski definition) is 0. The summed E-state index contributed by atoms with van der Waals surface area (Å²) < 4.78 is 0. The zero-order valence-corrected chi connectivity index (χ0v) is 6.69. The van der Waals surface area contributed by atoms with E-state index in [2.05, 4.69) is 0 Å². The molecule has 0 aliphatic rings. The van der Waals surface area contributed by atoms with Gasteiger partial charge < -0.3 is 13.8 Å². The van der Waals surface area contributed by atoms with Crippen LogP contribution in [0.5, 0.6) is 0 Å². The van der Waals surface area contributed by atoms with Gasteiger partial charge in [0.25, 0.3) is 0 Å². The molecular formula is H7AlMgO2Zn. The largest absolute Gasteiger partial charge is 2.00 e. The Hall–Kier alpha value is 1.84. The Balaban J connectivity index is 0. The minimum Gasteiger partial charge on any atom is -1.00 e. The van der Waals surface area contributed by atoms with Crippen molar-refractivity contribution in [1.29, 1.82) is 0 Å². The second-order valence-corrected chi connectivity index (χ2v) is 0. The second-order valence-electron chi connectivity index (χ2n) is 0. The van der Waals surface area contributed by atoms with Crippen molar-refractivity contribution in [1.82, 2.24) is 0 Å². The molecule has 0 fully saturated rings. The summed E-state index contributed by atoms with van der Waals surface area (Å²) in [5.41, 5.74) is 0. The number of rotatable bonds is 0. The molecule has 0 radical (unpaired) electrons. The molecule has 0 spiro atoms. The Morgan fingerprint density at radius 1 is 1.00 bits per heavy atom. The predicted octanol–water partition coefficient (Wildman–Crippen LogP) is -1.70. The molecule has 0 amide bonds. The molecule has 5 heavy (non-hydrogen) atoms. The smallest absolute Gasteiger partial charge is 1.00 e. The SMILES string of the molecule is [AlH3].[H-].[H-].[Mg+2].[OH-].[OH-].[Zn+2]. The van der Waals surface area contributed by atoms with E-state index in [1.54, 1.807) is 0 Å². The third kappa shape index (κ3) is 25.4. The summed E-state index contributed by atoms with van der Waals surface area (Å²) in [6.07, 6.45) is 0. The molecule has 26 valence electrons. The van der Waals surface area contributed by atoms with E-state index in [1.165, 1.54) is 0 Å². The van der Waals surface area contributed by atoms with Crippen LogP contribution in [0.1, 0.15) is 2.85 Å². The maximum Gasteiger partial charge on any atom is 2.00 e. The summed E-state index contributed by atoms with van der Waals surface area (Å²) >= 11 is 0. The van der Waals surface area contributed by atoms with Crippen LogP contribution in [0.25, 0.3) is 0 Å². The van der Waals surface area contributed by atoms with Crippen molar-refractivity contribution < 1.29 is 33.3 Å². The first kappa shape index (κ1) is 68.8. The average molecular weight is 156 g/mol. The van der Waals surface area contributed by atoms with Crippen LogP contribution >= 0.6 is 0 Å². The molecule has 0 saturated heterocycles.